The monoisotopic (exact) mass is 260 g/mol. The molecule has 2 aromatic carbocycles. The zero-order valence-corrected chi connectivity index (χ0v) is 10.4. The minimum Gasteiger partial charge on any atom is -0.494 e. The molecule has 2 rings (SSSR count). The van der Waals surface area contributed by atoms with Crippen molar-refractivity contribution < 1.29 is 18.7 Å². The fourth-order valence-electron chi connectivity index (χ4n) is 1.64. The van der Waals surface area contributed by atoms with Crippen LogP contribution in [0.25, 0.3) is 0 Å². The molecule has 0 atom stereocenters. The second-order valence-corrected chi connectivity index (χ2v) is 3.78. The van der Waals surface area contributed by atoms with Crippen LogP contribution in [-0.2, 0) is 0 Å². The predicted octanol–water partition coefficient (Wildman–Crippen LogP) is 3.83. The standard InChI is InChI=1S/C15H13FO3/c1-2-18-11-5-3-6-12(9-11)19-15-8-4-7-14(16)13(15)10-17/h3-10H,2H2,1H3. The molecular weight excluding hydrogens is 247 g/mol. The van der Waals surface area contributed by atoms with Gasteiger partial charge in [0.1, 0.15) is 23.1 Å². The van der Waals surface area contributed by atoms with Gasteiger partial charge in [-0.1, -0.05) is 12.1 Å². The molecule has 0 aliphatic carbocycles. The average molecular weight is 260 g/mol. The minimum atomic E-state index is -0.603. The maximum absolute atomic E-state index is 13.4. The fourth-order valence-corrected chi connectivity index (χ4v) is 1.64. The average Bonchev–Trinajstić information content (AvgIpc) is 2.40. The Balaban J connectivity index is 2.28. The summed E-state index contributed by atoms with van der Waals surface area (Å²) in [6.45, 7) is 2.42. The van der Waals surface area contributed by atoms with Gasteiger partial charge in [0.2, 0.25) is 0 Å². The van der Waals surface area contributed by atoms with Gasteiger partial charge in [-0.2, -0.15) is 0 Å². The van der Waals surface area contributed by atoms with Crippen molar-refractivity contribution in [2.45, 2.75) is 6.92 Å². The van der Waals surface area contributed by atoms with Crippen LogP contribution in [0.4, 0.5) is 4.39 Å². The summed E-state index contributed by atoms with van der Waals surface area (Å²) in [5.41, 5.74) is -0.0932. The summed E-state index contributed by atoms with van der Waals surface area (Å²) in [6.07, 6.45) is 0.442. The molecule has 98 valence electrons. The molecule has 0 unspecified atom stereocenters. The maximum atomic E-state index is 13.4. The molecule has 0 amide bonds. The van der Waals surface area contributed by atoms with Gasteiger partial charge < -0.3 is 9.47 Å². The highest BCUT2D eigenvalue weighted by Crippen LogP contribution is 2.28. The Hall–Kier alpha value is -2.36. The van der Waals surface area contributed by atoms with Crippen molar-refractivity contribution in [1.29, 1.82) is 0 Å². The van der Waals surface area contributed by atoms with Crippen LogP contribution in [0.5, 0.6) is 17.2 Å². The Morgan fingerprint density at radius 3 is 2.63 bits per heavy atom. The summed E-state index contributed by atoms with van der Waals surface area (Å²) < 4.78 is 24.3. The van der Waals surface area contributed by atoms with Crippen LogP contribution in [0.15, 0.2) is 42.5 Å². The first kappa shape index (κ1) is 13.1. The number of carbonyl (C=O) groups is 1. The summed E-state index contributed by atoms with van der Waals surface area (Å²) in [5.74, 6) is 0.723. The third-order valence-corrected chi connectivity index (χ3v) is 2.48. The molecule has 0 heterocycles. The van der Waals surface area contributed by atoms with Crippen molar-refractivity contribution in [3.63, 3.8) is 0 Å². The van der Waals surface area contributed by atoms with E-state index in [2.05, 4.69) is 0 Å². The number of rotatable bonds is 5. The smallest absolute Gasteiger partial charge is 0.156 e. The predicted molar refractivity (Wildman–Crippen MR) is 69.5 cm³/mol. The van der Waals surface area contributed by atoms with Crippen molar-refractivity contribution in [2.75, 3.05) is 6.61 Å². The largest absolute Gasteiger partial charge is 0.494 e. The van der Waals surface area contributed by atoms with Crippen LogP contribution >= 0.6 is 0 Å². The summed E-state index contributed by atoms with van der Waals surface area (Å²) in [4.78, 5) is 10.9. The molecule has 19 heavy (non-hydrogen) atoms. The minimum absolute atomic E-state index is 0.0932. The molecule has 2 aromatic rings. The molecule has 4 heteroatoms. The third-order valence-electron chi connectivity index (χ3n) is 2.48. The maximum Gasteiger partial charge on any atom is 0.156 e. The number of halogens is 1. The lowest BCUT2D eigenvalue weighted by atomic mass is 10.2. The van der Waals surface area contributed by atoms with Crippen molar-refractivity contribution in [3.8, 4) is 17.2 Å². The van der Waals surface area contributed by atoms with Crippen LogP contribution in [0.2, 0.25) is 0 Å². The zero-order chi connectivity index (χ0) is 13.7. The van der Waals surface area contributed by atoms with E-state index in [-0.39, 0.29) is 11.3 Å². The van der Waals surface area contributed by atoms with Gasteiger partial charge in [0.25, 0.3) is 0 Å². The third kappa shape index (κ3) is 3.10. The van der Waals surface area contributed by atoms with E-state index in [4.69, 9.17) is 9.47 Å². The first-order chi connectivity index (χ1) is 9.24. The van der Waals surface area contributed by atoms with E-state index < -0.39 is 5.82 Å². The number of carbonyl (C=O) groups excluding carboxylic acids is 1. The molecule has 0 aliphatic rings. The Morgan fingerprint density at radius 1 is 1.16 bits per heavy atom. The molecule has 0 saturated carbocycles. The fraction of sp³-hybridized carbons (Fsp3) is 0.133. The molecule has 3 nitrogen and oxygen atoms in total. The summed E-state index contributed by atoms with van der Waals surface area (Å²) in [5, 5.41) is 0. The summed E-state index contributed by atoms with van der Waals surface area (Å²) >= 11 is 0. The molecule has 0 radical (unpaired) electrons. The summed E-state index contributed by atoms with van der Waals surface area (Å²) in [6, 6.07) is 11.2. The highest BCUT2D eigenvalue weighted by molar-refractivity contribution is 5.79. The molecule has 0 aliphatic heterocycles. The van der Waals surface area contributed by atoms with E-state index in [1.54, 1.807) is 30.3 Å². The van der Waals surface area contributed by atoms with Crippen LogP contribution in [0.1, 0.15) is 17.3 Å². The van der Waals surface area contributed by atoms with Crippen molar-refractivity contribution in [3.05, 3.63) is 53.8 Å². The number of hydrogen-bond donors (Lipinski definition) is 0. The van der Waals surface area contributed by atoms with Gasteiger partial charge in [0.05, 0.1) is 12.2 Å². The van der Waals surface area contributed by atoms with Crippen LogP contribution < -0.4 is 9.47 Å². The second kappa shape index (κ2) is 6.00. The van der Waals surface area contributed by atoms with Gasteiger partial charge >= 0.3 is 0 Å². The number of ether oxygens (including phenoxy) is 2. The van der Waals surface area contributed by atoms with Gasteiger partial charge in [0, 0.05) is 6.07 Å². The SMILES string of the molecule is CCOc1cccc(Oc2cccc(F)c2C=O)c1. The Kier molecular flexibility index (Phi) is 4.13. The van der Waals surface area contributed by atoms with E-state index in [1.807, 2.05) is 6.92 Å². The quantitative estimate of drug-likeness (QED) is 0.766. The van der Waals surface area contributed by atoms with Crippen molar-refractivity contribution in [2.24, 2.45) is 0 Å². The Bertz CT molecular complexity index is 581. The number of benzene rings is 2. The molecule has 0 N–H and O–H groups in total. The number of aldehydes is 1. The molecule has 0 aromatic heterocycles. The van der Waals surface area contributed by atoms with Gasteiger partial charge in [-0.25, -0.2) is 4.39 Å². The van der Waals surface area contributed by atoms with Gasteiger partial charge in [-0.3, -0.25) is 4.79 Å². The molecule has 0 bridgehead atoms. The van der Waals surface area contributed by atoms with E-state index in [0.29, 0.717) is 24.4 Å². The van der Waals surface area contributed by atoms with E-state index in [9.17, 15) is 9.18 Å². The Morgan fingerprint density at radius 2 is 1.89 bits per heavy atom. The Labute approximate surface area is 110 Å². The lowest BCUT2D eigenvalue weighted by molar-refractivity contribution is 0.111. The van der Waals surface area contributed by atoms with Crippen molar-refractivity contribution in [1.82, 2.24) is 0 Å². The highest BCUT2D eigenvalue weighted by atomic mass is 19.1. The first-order valence-electron chi connectivity index (χ1n) is 5.89. The molecule has 0 spiro atoms. The normalized spacial score (nSPS) is 10.0. The molecule has 0 fully saturated rings. The zero-order valence-electron chi connectivity index (χ0n) is 10.4. The highest BCUT2D eigenvalue weighted by Gasteiger charge is 2.09. The van der Waals surface area contributed by atoms with Gasteiger partial charge in [-0.05, 0) is 31.2 Å². The van der Waals surface area contributed by atoms with Gasteiger partial charge in [-0.15, -0.1) is 0 Å². The lowest BCUT2D eigenvalue weighted by Gasteiger charge is -2.10. The van der Waals surface area contributed by atoms with E-state index >= 15 is 0 Å². The molecule has 0 saturated heterocycles. The summed E-state index contributed by atoms with van der Waals surface area (Å²) in [7, 11) is 0. The van der Waals surface area contributed by atoms with Crippen LogP contribution in [-0.4, -0.2) is 12.9 Å². The lowest BCUT2D eigenvalue weighted by Crippen LogP contribution is -1.95. The topological polar surface area (TPSA) is 35.5 Å². The van der Waals surface area contributed by atoms with Gasteiger partial charge in [0.15, 0.2) is 6.29 Å². The number of hydrogen-bond acceptors (Lipinski definition) is 3. The van der Waals surface area contributed by atoms with Crippen LogP contribution in [0, 0.1) is 5.82 Å². The first-order valence-corrected chi connectivity index (χ1v) is 5.89. The van der Waals surface area contributed by atoms with E-state index in [1.165, 1.54) is 12.1 Å². The second-order valence-electron chi connectivity index (χ2n) is 3.78. The van der Waals surface area contributed by atoms with Crippen molar-refractivity contribution >= 4 is 6.29 Å². The van der Waals surface area contributed by atoms with E-state index in [0.717, 1.165) is 0 Å². The van der Waals surface area contributed by atoms with Crippen LogP contribution in [0.3, 0.4) is 0 Å². The molecular formula is C15H13FO3.